The summed E-state index contributed by atoms with van der Waals surface area (Å²) >= 11 is 0. The van der Waals surface area contributed by atoms with Gasteiger partial charge in [-0.3, -0.25) is 9.88 Å². The second-order valence-electron chi connectivity index (χ2n) is 6.97. The molecule has 1 unspecified atom stereocenters. The van der Waals surface area contributed by atoms with Crippen LogP contribution in [0.5, 0.6) is 5.75 Å². The van der Waals surface area contributed by atoms with E-state index in [4.69, 9.17) is 4.74 Å². The average Bonchev–Trinajstić information content (AvgIpc) is 2.66. The summed E-state index contributed by atoms with van der Waals surface area (Å²) in [6.45, 7) is 6.07. The number of ether oxygens (including phenoxy) is 1. The molecule has 3 fully saturated rings. The molecule has 1 aromatic carbocycles. The Morgan fingerprint density at radius 1 is 1.42 bits per heavy atom. The summed E-state index contributed by atoms with van der Waals surface area (Å²) in [7, 11) is 1.66. The van der Waals surface area contributed by atoms with Gasteiger partial charge >= 0.3 is 0 Å². The van der Waals surface area contributed by atoms with Gasteiger partial charge in [0.2, 0.25) is 0 Å². The Bertz CT molecular complexity index is 760. The molecular formula is C20H24N2O2. The Morgan fingerprint density at radius 3 is 3.00 bits per heavy atom. The standard InChI is InChI=1S/C20H24N2O2/c1-3-13-12-22-9-7-14(13)10-19(22)20(23)16-6-8-21-18-5-4-15(24-2)11-17(16)18/h3-6,8,11,13-14,19-20,23H,1,7,9-10,12H2,2H3/t13-,14?,19-,20-/m0/s1. The molecule has 3 aliphatic rings. The van der Waals surface area contributed by atoms with Crippen molar-refractivity contribution in [2.75, 3.05) is 20.2 Å². The normalized spacial score (nSPS) is 30.2. The molecule has 3 saturated heterocycles. The first-order chi connectivity index (χ1) is 11.7. The molecule has 126 valence electrons. The summed E-state index contributed by atoms with van der Waals surface area (Å²) in [6.07, 6.45) is 5.62. The first kappa shape index (κ1) is 15.6. The maximum Gasteiger partial charge on any atom is 0.119 e. The van der Waals surface area contributed by atoms with Gasteiger partial charge in [0.1, 0.15) is 5.75 Å². The van der Waals surface area contributed by atoms with Crippen molar-refractivity contribution in [2.45, 2.75) is 25.0 Å². The molecule has 3 aliphatic heterocycles. The van der Waals surface area contributed by atoms with Crippen molar-refractivity contribution in [2.24, 2.45) is 11.8 Å². The summed E-state index contributed by atoms with van der Waals surface area (Å²) in [6, 6.07) is 7.96. The van der Waals surface area contributed by atoms with Gasteiger partial charge in [0.05, 0.1) is 18.7 Å². The number of methoxy groups -OCH3 is 1. The second kappa shape index (κ2) is 6.19. The van der Waals surface area contributed by atoms with Gasteiger partial charge in [0.15, 0.2) is 0 Å². The molecule has 24 heavy (non-hydrogen) atoms. The van der Waals surface area contributed by atoms with E-state index in [0.717, 1.165) is 41.7 Å². The van der Waals surface area contributed by atoms with Crippen molar-refractivity contribution >= 4 is 10.9 Å². The Balaban J connectivity index is 1.69. The lowest BCUT2D eigenvalue weighted by Gasteiger charge is -2.50. The summed E-state index contributed by atoms with van der Waals surface area (Å²) in [5.41, 5.74) is 1.85. The molecule has 5 atom stereocenters. The summed E-state index contributed by atoms with van der Waals surface area (Å²) in [5.74, 6) is 2.01. The molecule has 0 amide bonds. The highest BCUT2D eigenvalue weighted by atomic mass is 16.5. The SMILES string of the molecule is C=C[C@H]1C[N@@]2CCC1C[C@H]2[C@@H](O)c1ccnc2ccc(OC)cc12. The van der Waals surface area contributed by atoms with E-state index in [1.54, 1.807) is 13.3 Å². The lowest BCUT2D eigenvalue weighted by atomic mass is 9.73. The van der Waals surface area contributed by atoms with Crippen LogP contribution in [-0.2, 0) is 0 Å². The second-order valence-corrected chi connectivity index (χ2v) is 6.97. The van der Waals surface area contributed by atoms with Crippen molar-refractivity contribution in [3.8, 4) is 5.75 Å². The average molecular weight is 324 g/mol. The molecule has 4 heteroatoms. The third-order valence-electron chi connectivity index (χ3n) is 5.82. The number of fused-ring (bicyclic) bond motifs is 4. The van der Waals surface area contributed by atoms with Gasteiger partial charge < -0.3 is 9.84 Å². The van der Waals surface area contributed by atoms with Crippen LogP contribution in [0.2, 0.25) is 0 Å². The lowest BCUT2D eigenvalue weighted by molar-refractivity contribution is -0.0444. The minimum absolute atomic E-state index is 0.178. The summed E-state index contributed by atoms with van der Waals surface area (Å²) in [5, 5.41) is 12.1. The quantitative estimate of drug-likeness (QED) is 0.878. The van der Waals surface area contributed by atoms with Gasteiger partial charge in [-0.2, -0.15) is 0 Å². The van der Waals surface area contributed by atoms with Crippen LogP contribution in [0.1, 0.15) is 24.5 Å². The fourth-order valence-corrected chi connectivity index (χ4v) is 4.44. The number of aliphatic hydroxyl groups is 1. The summed E-state index contributed by atoms with van der Waals surface area (Å²) in [4.78, 5) is 6.86. The summed E-state index contributed by atoms with van der Waals surface area (Å²) < 4.78 is 5.35. The van der Waals surface area contributed by atoms with Crippen molar-refractivity contribution in [3.63, 3.8) is 0 Å². The Kier molecular flexibility index (Phi) is 4.02. The van der Waals surface area contributed by atoms with E-state index in [0.29, 0.717) is 11.8 Å². The molecule has 1 N–H and O–H groups in total. The van der Waals surface area contributed by atoms with Crippen molar-refractivity contribution in [1.82, 2.24) is 9.88 Å². The zero-order valence-electron chi connectivity index (χ0n) is 14.1. The van der Waals surface area contributed by atoms with E-state index in [9.17, 15) is 5.11 Å². The minimum Gasteiger partial charge on any atom is -0.497 e. The number of hydrogen-bond acceptors (Lipinski definition) is 4. The number of nitrogens with zero attached hydrogens (tertiary/aromatic N) is 2. The van der Waals surface area contributed by atoms with Gasteiger partial charge in [-0.15, -0.1) is 6.58 Å². The molecule has 4 nitrogen and oxygen atoms in total. The number of hydrogen-bond donors (Lipinski definition) is 1. The zero-order chi connectivity index (χ0) is 16.7. The van der Waals surface area contributed by atoms with Crippen LogP contribution < -0.4 is 4.74 Å². The van der Waals surface area contributed by atoms with Gasteiger partial charge in [-0.05, 0) is 61.1 Å². The number of piperidine rings is 3. The third-order valence-corrected chi connectivity index (χ3v) is 5.82. The van der Waals surface area contributed by atoms with E-state index in [-0.39, 0.29) is 6.04 Å². The molecule has 0 saturated carbocycles. The molecule has 1 aromatic heterocycles. The number of aliphatic hydroxyl groups excluding tert-OH is 1. The Morgan fingerprint density at radius 2 is 2.29 bits per heavy atom. The highest BCUT2D eigenvalue weighted by Crippen LogP contribution is 2.42. The smallest absolute Gasteiger partial charge is 0.119 e. The van der Waals surface area contributed by atoms with Crippen LogP contribution in [-0.4, -0.2) is 41.2 Å². The Hall–Kier alpha value is -1.91. The molecule has 4 heterocycles. The lowest BCUT2D eigenvalue weighted by Crippen LogP contribution is -2.54. The number of aromatic nitrogens is 1. The molecule has 0 spiro atoms. The molecule has 2 bridgehead atoms. The van der Waals surface area contributed by atoms with Crippen molar-refractivity contribution in [3.05, 3.63) is 48.7 Å². The van der Waals surface area contributed by atoms with E-state index in [1.807, 2.05) is 24.3 Å². The fraction of sp³-hybridized carbons (Fsp3) is 0.450. The number of pyridine rings is 1. The number of rotatable bonds is 4. The van der Waals surface area contributed by atoms with Gasteiger partial charge in [0, 0.05) is 24.2 Å². The predicted molar refractivity (Wildman–Crippen MR) is 95.0 cm³/mol. The van der Waals surface area contributed by atoms with E-state index in [1.165, 1.54) is 6.42 Å². The minimum atomic E-state index is -0.504. The van der Waals surface area contributed by atoms with Gasteiger partial charge in [-0.25, -0.2) is 0 Å². The zero-order valence-corrected chi connectivity index (χ0v) is 14.1. The van der Waals surface area contributed by atoms with Crippen molar-refractivity contribution < 1.29 is 9.84 Å². The van der Waals surface area contributed by atoms with E-state index >= 15 is 0 Å². The highest BCUT2D eigenvalue weighted by Gasteiger charge is 2.42. The van der Waals surface area contributed by atoms with E-state index < -0.39 is 6.10 Å². The van der Waals surface area contributed by atoms with Crippen LogP contribution in [0.25, 0.3) is 10.9 Å². The fourth-order valence-electron chi connectivity index (χ4n) is 4.44. The molecule has 0 radical (unpaired) electrons. The predicted octanol–water partition coefficient (Wildman–Crippen LogP) is 3.17. The maximum atomic E-state index is 11.2. The van der Waals surface area contributed by atoms with Crippen LogP contribution in [0.4, 0.5) is 0 Å². The van der Waals surface area contributed by atoms with Crippen molar-refractivity contribution in [1.29, 1.82) is 0 Å². The topological polar surface area (TPSA) is 45.6 Å². The molecule has 0 aliphatic carbocycles. The maximum absolute atomic E-state index is 11.2. The highest BCUT2D eigenvalue weighted by molar-refractivity contribution is 5.83. The molecule has 2 aromatic rings. The first-order valence-electron chi connectivity index (χ1n) is 8.68. The van der Waals surface area contributed by atoms with Gasteiger partial charge in [0.25, 0.3) is 0 Å². The molecule has 5 rings (SSSR count). The van der Waals surface area contributed by atoms with Crippen LogP contribution >= 0.6 is 0 Å². The van der Waals surface area contributed by atoms with Gasteiger partial charge in [-0.1, -0.05) is 6.08 Å². The largest absolute Gasteiger partial charge is 0.497 e. The third kappa shape index (κ3) is 2.50. The van der Waals surface area contributed by atoms with Crippen LogP contribution in [0.15, 0.2) is 43.1 Å². The first-order valence-corrected chi connectivity index (χ1v) is 8.68. The number of benzene rings is 1. The monoisotopic (exact) mass is 324 g/mol. The van der Waals surface area contributed by atoms with Crippen LogP contribution in [0, 0.1) is 11.8 Å². The van der Waals surface area contributed by atoms with Crippen LogP contribution in [0.3, 0.4) is 0 Å². The molecular weight excluding hydrogens is 300 g/mol. The Labute approximate surface area is 142 Å². The van der Waals surface area contributed by atoms with E-state index in [2.05, 4.69) is 22.5 Å².